The Labute approximate surface area is 247 Å². The number of nitrogens with zero attached hydrogens (tertiary/aromatic N) is 1. The van der Waals surface area contributed by atoms with E-state index in [1.54, 1.807) is 4.90 Å². The number of hydrogen-bond donors (Lipinski definition) is 3. The highest BCUT2D eigenvalue weighted by Gasteiger charge is 2.47. The molecule has 10 heteroatoms. The summed E-state index contributed by atoms with van der Waals surface area (Å²) in [6, 6.07) is 2.64. The summed E-state index contributed by atoms with van der Waals surface area (Å²) in [6.07, 6.45) is 8.63. The maximum atomic E-state index is 14.7. The van der Waals surface area contributed by atoms with Gasteiger partial charge in [0.2, 0.25) is 11.8 Å². The minimum atomic E-state index is -1.25. The van der Waals surface area contributed by atoms with Crippen LogP contribution in [0.2, 0.25) is 0 Å². The summed E-state index contributed by atoms with van der Waals surface area (Å²) in [5.74, 6) is -2.15. The van der Waals surface area contributed by atoms with Crippen molar-refractivity contribution in [2.24, 2.45) is 23.7 Å². The number of benzene rings is 1. The summed E-state index contributed by atoms with van der Waals surface area (Å²) in [6.45, 7) is 7.93. The number of amides is 3. The van der Waals surface area contributed by atoms with Gasteiger partial charge in [0.25, 0.3) is 0 Å². The SMILES string of the molecule is CC(NC(=O)OC(C)(C)C)[C@H]1CC[C@H](C(=O)N2CC[C@H](C3CCCCC3)[C@H]2C(=O)Nc2ccc(C(=O)O)cc2F)CC1. The number of halogens is 1. The third-order valence-electron chi connectivity index (χ3n) is 9.30. The van der Waals surface area contributed by atoms with Crippen LogP contribution >= 0.6 is 0 Å². The second kappa shape index (κ2) is 13.4. The molecule has 9 nitrogen and oxygen atoms in total. The number of alkyl carbamates (subject to hydrolysis) is 1. The molecule has 0 spiro atoms. The molecule has 1 unspecified atom stereocenters. The number of anilines is 1. The van der Waals surface area contributed by atoms with E-state index in [1.807, 2.05) is 27.7 Å². The van der Waals surface area contributed by atoms with Gasteiger partial charge < -0.3 is 25.4 Å². The zero-order valence-electron chi connectivity index (χ0n) is 25.3. The monoisotopic (exact) mass is 587 g/mol. The van der Waals surface area contributed by atoms with Crippen molar-refractivity contribution in [3.05, 3.63) is 29.6 Å². The minimum Gasteiger partial charge on any atom is -0.478 e. The van der Waals surface area contributed by atoms with Crippen molar-refractivity contribution >= 4 is 29.6 Å². The molecule has 42 heavy (non-hydrogen) atoms. The first-order valence-corrected chi connectivity index (χ1v) is 15.5. The molecule has 3 fully saturated rings. The highest BCUT2D eigenvalue weighted by Crippen LogP contribution is 2.41. The maximum Gasteiger partial charge on any atom is 0.407 e. The second-order valence-corrected chi connectivity index (χ2v) is 13.4. The van der Waals surface area contributed by atoms with E-state index in [-0.39, 0.29) is 41.0 Å². The van der Waals surface area contributed by atoms with E-state index in [9.17, 15) is 23.6 Å². The van der Waals surface area contributed by atoms with Crippen LogP contribution in [0.3, 0.4) is 0 Å². The highest BCUT2D eigenvalue weighted by molar-refractivity contribution is 5.98. The molecule has 0 aromatic heterocycles. The van der Waals surface area contributed by atoms with Crippen molar-refractivity contribution in [3.8, 4) is 0 Å². The van der Waals surface area contributed by atoms with Gasteiger partial charge in [0, 0.05) is 18.5 Å². The summed E-state index contributed by atoms with van der Waals surface area (Å²) in [7, 11) is 0. The molecule has 2 saturated carbocycles. The minimum absolute atomic E-state index is 0.00462. The highest BCUT2D eigenvalue weighted by atomic mass is 19.1. The molecule has 0 radical (unpaired) electrons. The summed E-state index contributed by atoms with van der Waals surface area (Å²) in [5, 5.41) is 14.8. The number of carbonyl (C=O) groups is 4. The lowest BCUT2D eigenvalue weighted by Crippen LogP contribution is -2.50. The standard InChI is InChI=1S/C32H46FN3O6/c1-19(34-31(41)42-32(2,3)4)20-10-12-22(13-11-20)29(38)36-17-16-24(21-8-6-5-7-9-21)27(36)28(37)35-26-15-14-23(30(39)40)18-25(26)33/h14-15,18-22,24,27H,5-13,16-17H2,1-4H3,(H,34,41)(H,35,37)(H,39,40)/t19?,20-,22-,24-,27+/m1/s1. The van der Waals surface area contributed by atoms with Gasteiger partial charge in [0.1, 0.15) is 17.5 Å². The Kier molecular flexibility index (Phi) is 10.1. The zero-order chi connectivity index (χ0) is 30.6. The Morgan fingerprint density at radius 1 is 1.00 bits per heavy atom. The van der Waals surface area contributed by atoms with E-state index in [4.69, 9.17) is 9.84 Å². The summed E-state index contributed by atoms with van der Waals surface area (Å²) < 4.78 is 20.1. The lowest BCUT2D eigenvalue weighted by Gasteiger charge is -2.37. The summed E-state index contributed by atoms with van der Waals surface area (Å²) in [5.41, 5.74) is -0.858. The molecule has 4 rings (SSSR count). The van der Waals surface area contributed by atoms with Crippen LogP contribution in [0.4, 0.5) is 14.9 Å². The predicted molar refractivity (Wildman–Crippen MR) is 156 cm³/mol. The Morgan fingerprint density at radius 2 is 1.67 bits per heavy atom. The molecule has 1 aliphatic heterocycles. The smallest absolute Gasteiger partial charge is 0.407 e. The van der Waals surface area contributed by atoms with Gasteiger partial charge in [0.15, 0.2) is 0 Å². The van der Waals surface area contributed by atoms with E-state index in [1.165, 1.54) is 18.6 Å². The molecular weight excluding hydrogens is 541 g/mol. The molecule has 1 saturated heterocycles. The molecule has 0 bridgehead atoms. The molecular formula is C32H46FN3O6. The van der Waals surface area contributed by atoms with Gasteiger partial charge in [-0.15, -0.1) is 0 Å². The maximum absolute atomic E-state index is 14.7. The van der Waals surface area contributed by atoms with E-state index >= 15 is 0 Å². The van der Waals surface area contributed by atoms with Crippen molar-refractivity contribution in [2.75, 3.05) is 11.9 Å². The molecule has 3 atom stereocenters. The average Bonchev–Trinajstić information content (AvgIpc) is 3.38. The van der Waals surface area contributed by atoms with Crippen LogP contribution in [0.25, 0.3) is 0 Å². The number of nitrogens with one attached hydrogen (secondary N) is 2. The van der Waals surface area contributed by atoms with E-state index in [2.05, 4.69) is 10.6 Å². The van der Waals surface area contributed by atoms with Crippen molar-refractivity contribution in [1.29, 1.82) is 0 Å². The molecule has 232 valence electrons. The van der Waals surface area contributed by atoms with Gasteiger partial charge in [-0.3, -0.25) is 9.59 Å². The molecule has 3 amide bonds. The number of carboxylic acid groups (broad SMARTS) is 1. The van der Waals surface area contributed by atoms with Crippen LogP contribution in [-0.2, 0) is 14.3 Å². The van der Waals surface area contributed by atoms with Gasteiger partial charge in [-0.25, -0.2) is 14.0 Å². The van der Waals surface area contributed by atoms with Crippen molar-refractivity contribution in [1.82, 2.24) is 10.2 Å². The van der Waals surface area contributed by atoms with Gasteiger partial charge in [-0.1, -0.05) is 32.1 Å². The summed E-state index contributed by atoms with van der Waals surface area (Å²) in [4.78, 5) is 52.8. The normalized spacial score (nSPS) is 25.9. The summed E-state index contributed by atoms with van der Waals surface area (Å²) >= 11 is 0. The van der Waals surface area contributed by atoms with E-state index in [0.29, 0.717) is 25.3 Å². The van der Waals surface area contributed by atoms with Crippen molar-refractivity contribution < 1.29 is 33.4 Å². The number of ether oxygens (including phenoxy) is 1. The average molecular weight is 588 g/mol. The first-order valence-electron chi connectivity index (χ1n) is 15.5. The zero-order valence-corrected chi connectivity index (χ0v) is 25.3. The lowest BCUT2D eigenvalue weighted by atomic mass is 9.76. The Hall–Kier alpha value is -3.17. The van der Waals surface area contributed by atoms with Crippen LogP contribution in [0.15, 0.2) is 18.2 Å². The van der Waals surface area contributed by atoms with Crippen LogP contribution in [0.1, 0.15) is 102 Å². The van der Waals surface area contributed by atoms with Crippen LogP contribution < -0.4 is 10.6 Å². The fraction of sp³-hybridized carbons (Fsp3) is 0.688. The number of carbonyl (C=O) groups excluding carboxylic acids is 3. The largest absolute Gasteiger partial charge is 0.478 e. The van der Waals surface area contributed by atoms with Gasteiger partial charge in [-0.05, 0) is 95.8 Å². The fourth-order valence-electron chi connectivity index (χ4n) is 7.12. The lowest BCUT2D eigenvalue weighted by molar-refractivity contribution is -0.142. The Bertz CT molecular complexity index is 1150. The molecule has 3 N–H and O–H groups in total. The quantitative estimate of drug-likeness (QED) is 0.361. The van der Waals surface area contributed by atoms with Gasteiger partial charge >= 0.3 is 12.1 Å². The third-order valence-corrected chi connectivity index (χ3v) is 9.30. The number of hydrogen-bond acceptors (Lipinski definition) is 5. The number of likely N-dealkylation sites (tertiary alicyclic amines) is 1. The van der Waals surface area contributed by atoms with Crippen molar-refractivity contribution in [3.63, 3.8) is 0 Å². The van der Waals surface area contributed by atoms with Gasteiger partial charge in [-0.2, -0.15) is 0 Å². The molecule has 1 heterocycles. The van der Waals surface area contributed by atoms with Gasteiger partial charge in [0.05, 0.1) is 11.3 Å². The Balaban J connectivity index is 1.43. The molecule has 2 aliphatic carbocycles. The number of aromatic carboxylic acids is 1. The second-order valence-electron chi connectivity index (χ2n) is 13.4. The van der Waals surface area contributed by atoms with E-state index in [0.717, 1.165) is 51.0 Å². The fourth-order valence-corrected chi connectivity index (χ4v) is 7.12. The van der Waals surface area contributed by atoms with Crippen LogP contribution in [0, 0.1) is 29.5 Å². The number of carboxylic acids is 1. The Morgan fingerprint density at radius 3 is 2.26 bits per heavy atom. The number of rotatable bonds is 7. The predicted octanol–water partition coefficient (Wildman–Crippen LogP) is 5.98. The van der Waals surface area contributed by atoms with Crippen LogP contribution in [0.5, 0.6) is 0 Å². The molecule has 1 aromatic carbocycles. The first-order chi connectivity index (χ1) is 19.8. The third kappa shape index (κ3) is 7.81. The first kappa shape index (κ1) is 31.8. The topological polar surface area (TPSA) is 125 Å². The molecule has 3 aliphatic rings. The van der Waals surface area contributed by atoms with Crippen molar-refractivity contribution in [2.45, 2.75) is 110 Å². The van der Waals surface area contributed by atoms with E-state index < -0.39 is 35.4 Å². The molecule has 1 aromatic rings. The van der Waals surface area contributed by atoms with Crippen LogP contribution in [-0.4, -0.2) is 58.1 Å².